The molecule has 36 heavy (non-hydrogen) atoms. The van der Waals surface area contributed by atoms with E-state index in [0.717, 1.165) is 48.6 Å². The molecule has 4 heterocycles. The first-order valence-corrected chi connectivity index (χ1v) is 12.5. The number of likely N-dealkylation sites (N-methyl/N-ethyl adjacent to an activating group) is 1. The number of β-amino-alcohol motifs (C(OH)–C–C–N with tert-alkyl or cyclic N) is 1. The molecule has 0 bridgehead atoms. The largest absolute Gasteiger partial charge is 0.397 e. The first kappa shape index (κ1) is 25.8. The van der Waals surface area contributed by atoms with E-state index in [1.54, 1.807) is 16.9 Å². The number of aromatic amines is 1. The summed E-state index contributed by atoms with van der Waals surface area (Å²) < 4.78 is 1.75. The number of hydrogen-bond donors (Lipinski definition) is 3. The highest BCUT2D eigenvalue weighted by molar-refractivity contribution is 6.33. The van der Waals surface area contributed by atoms with Gasteiger partial charge in [0.15, 0.2) is 5.82 Å². The topological polar surface area (TPSA) is 126 Å². The minimum Gasteiger partial charge on any atom is -0.397 e. The number of H-pyrrole nitrogens is 1. The van der Waals surface area contributed by atoms with Crippen molar-refractivity contribution in [3.8, 4) is 5.82 Å². The predicted molar refractivity (Wildman–Crippen MR) is 143 cm³/mol. The smallest absolute Gasteiger partial charge is 0.258 e. The standard InChI is InChI=1S/C19H17ClN6O.C7H15NO/c1-10-9-26(25-11(10)2)18-4-3-12(8-22-18)5-17-23-16-7-15(21)14(20)6-13(16)19(27)24-17;1-2-8-5-3-4-7(9)6-8/h3-4,6-9H,5,21H2,1-2H3,(H,23,24,27);7,9H,2-6H2,1H3. The van der Waals surface area contributed by atoms with E-state index in [0.29, 0.717) is 33.9 Å². The summed E-state index contributed by atoms with van der Waals surface area (Å²) in [5.74, 6) is 1.27. The molecule has 5 rings (SSSR count). The summed E-state index contributed by atoms with van der Waals surface area (Å²) in [5.41, 5.74) is 9.48. The van der Waals surface area contributed by atoms with E-state index >= 15 is 0 Å². The van der Waals surface area contributed by atoms with Gasteiger partial charge >= 0.3 is 0 Å². The van der Waals surface area contributed by atoms with E-state index in [4.69, 9.17) is 22.4 Å². The van der Waals surface area contributed by atoms with Crippen LogP contribution >= 0.6 is 11.6 Å². The number of piperidine rings is 1. The molecule has 190 valence electrons. The summed E-state index contributed by atoms with van der Waals surface area (Å²) >= 11 is 5.98. The average Bonchev–Trinajstić information content (AvgIpc) is 3.19. The van der Waals surface area contributed by atoms with Gasteiger partial charge in [0.05, 0.1) is 33.4 Å². The number of nitrogens with one attached hydrogen (secondary N) is 1. The molecular weight excluding hydrogens is 478 g/mol. The van der Waals surface area contributed by atoms with Crippen molar-refractivity contribution < 1.29 is 5.11 Å². The van der Waals surface area contributed by atoms with Gasteiger partial charge in [0, 0.05) is 25.4 Å². The molecule has 9 nitrogen and oxygen atoms in total. The van der Waals surface area contributed by atoms with Crippen molar-refractivity contribution in [2.45, 2.75) is 46.1 Å². The van der Waals surface area contributed by atoms with Gasteiger partial charge in [-0.25, -0.2) is 14.6 Å². The summed E-state index contributed by atoms with van der Waals surface area (Å²) in [6.07, 6.45) is 6.24. The number of fused-ring (bicyclic) bond motifs is 1. The Balaban J connectivity index is 0.000000286. The van der Waals surface area contributed by atoms with E-state index in [9.17, 15) is 4.79 Å². The van der Waals surface area contributed by atoms with Gasteiger partial charge in [0.2, 0.25) is 0 Å². The van der Waals surface area contributed by atoms with Crippen LogP contribution in [0.5, 0.6) is 0 Å². The normalized spacial score (nSPS) is 16.1. The van der Waals surface area contributed by atoms with Gasteiger partial charge in [-0.05, 0) is 69.1 Å². The molecular formula is C26H32ClN7O2. The lowest BCUT2D eigenvalue weighted by atomic mass is 10.1. The van der Waals surface area contributed by atoms with Crippen LogP contribution in [0.25, 0.3) is 16.7 Å². The number of hydrogen-bond acceptors (Lipinski definition) is 7. The molecule has 0 radical (unpaired) electrons. The van der Waals surface area contributed by atoms with Crippen molar-refractivity contribution in [3.63, 3.8) is 0 Å². The predicted octanol–water partition coefficient (Wildman–Crippen LogP) is 3.41. The Morgan fingerprint density at radius 1 is 1.28 bits per heavy atom. The van der Waals surface area contributed by atoms with Gasteiger partial charge < -0.3 is 20.7 Å². The fourth-order valence-corrected chi connectivity index (χ4v) is 4.30. The molecule has 1 aliphatic rings. The van der Waals surface area contributed by atoms with Crippen molar-refractivity contribution in [2.24, 2.45) is 0 Å². The van der Waals surface area contributed by atoms with Gasteiger partial charge in [-0.1, -0.05) is 24.6 Å². The number of aromatic nitrogens is 5. The quantitative estimate of drug-likeness (QED) is 0.360. The van der Waals surface area contributed by atoms with Crippen LogP contribution in [0.4, 0.5) is 5.69 Å². The molecule has 1 atom stereocenters. The first-order valence-electron chi connectivity index (χ1n) is 12.1. The van der Waals surface area contributed by atoms with E-state index in [-0.39, 0.29) is 11.7 Å². The molecule has 1 fully saturated rings. The number of nitrogens with zero attached hydrogens (tertiary/aromatic N) is 5. The molecule has 0 spiro atoms. The molecule has 1 aromatic carbocycles. The molecule has 1 aliphatic heterocycles. The van der Waals surface area contributed by atoms with Crippen molar-refractivity contribution in [1.82, 2.24) is 29.6 Å². The molecule has 0 amide bonds. The zero-order valence-electron chi connectivity index (χ0n) is 20.8. The van der Waals surface area contributed by atoms with Crippen LogP contribution in [0.2, 0.25) is 5.02 Å². The summed E-state index contributed by atoms with van der Waals surface area (Å²) in [6, 6.07) is 6.97. The summed E-state index contributed by atoms with van der Waals surface area (Å²) in [6.45, 7) is 9.25. The monoisotopic (exact) mass is 509 g/mol. The minimum atomic E-state index is -0.246. The Hall–Kier alpha value is -3.27. The van der Waals surface area contributed by atoms with E-state index in [1.165, 1.54) is 12.6 Å². The lowest BCUT2D eigenvalue weighted by molar-refractivity contribution is 0.0737. The van der Waals surface area contributed by atoms with Crippen molar-refractivity contribution >= 4 is 28.2 Å². The lowest BCUT2D eigenvalue weighted by Crippen LogP contribution is -2.37. The van der Waals surface area contributed by atoms with Crippen LogP contribution in [0.15, 0.2) is 41.5 Å². The number of benzene rings is 1. The molecule has 4 aromatic rings. The van der Waals surface area contributed by atoms with Crippen molar-refractivity contribution in [3.05, 3.63) is 74.7 Å². The zero-order chi connectivity index (χ0) is 25.8. The fourth-order valence-electron chi connectivity index (χ4n) is 4.14. The van der Waals surface area contributed by atoms with E-state index in [1.807, 2.05) is 32.2 Å². The number of anilines is 1. The second-order valence-corrected chi connectivity index (χ2v) is 9.54. The number of nitrogen functional groups attached to an aromatic ring is 1. The average molecular weight is 510 g/mol. The number of aliphatic hydroxyl groups is 1. The Bertz CT molecular complexity index is 1380. The van der Waals surface area contributed by atoms with Gasteiger partial charge in [-0.15, -0.1) is 0 Å². The van der Waals surface area contributed by atoms with Crippen LogP contribution < -0.4 is 11.3 Å². The van der Waals surface area contributed by atoms with Crippen LogP contribution in [0.3, 0.4) is 0 Å². The maximum absolute atomic E-state index is 12.3. The fraction of sp³-hybridized carbons (Fsp3) is 0.385. The minimum absolute atomic E-state index is 0.0568. The highest BCUT2D eigenvalue weighted by Gasteiger charge is 2.15. The zero-order valence-corrected chi connectivity index (χ0v) is 21.6. The Morgan fingerprint density at radius 2 is 2.08 bits per heavy atom. The summed E-state index contributed by atoms with van der Waals surface area (Å²) in [5, 5.41) is 14.3. The van der Waals surface area contributed by atoms with Crippen LogP contribution in [-0.4, -0.2) is 60.5 Å². The third-order valence-electron chi connectivity index (χ3n) is 6.36. The number of nitrogens with two attached hydrogens (primary N) is 1. The summed E-state index contributed by atoms with van der Waals surface area (Å²) in [7, 11) is 0. The van der Waals surface area contributed by atoms with Crippen molar-refractivity contribution in [1.29, 1.82) is 0 Å². The Labute approximate surface area is 215 Å². The van der Waals surface area contributed by atoms with Crippen LogP contribution in [0.1, 0.15) is 42.4 Å². The van der Waals surface area contributed by atoms with Gasteiger partial charge in [-0.2, -0.15) is 5.10 Å². The number of aryl methyl sites for hydroxylation is 2. The van der Waals surface area contributed by atoms with Crippen LogP contribution in [0, 0.1) is 13.8 Å². The van der Waals surface area contributed by atoms with Crippen LogP contribution in [-0.2, 0) is 6.42 Å². The highest BCUT2D eigenvalue weighted by Crippen LogP contribution is 2.23. The SMILES string of the molecule is CCN1CCCC(O)C1.Cc1cn(-c2ccc(Cc3nc4cc(N)c(Cl)cc4c(=O)[nH]3)cn2)nc1C. The highest BCUT2D eigenvalue weighted by atomic mass is 35.5. The van der Waals surface area contributed by atoms with Gasteiger partial charge in [-0.3, -0.25) is 4.79 Å². The number of rotatable bonds is 4. The molecule has 3 aromatic heterocycles. The molecule has 4 N–H and O–H groups in total. The second kappa shape index (κ2) is 11.2. The number of pyridine rings is 1. The molecule has 10 heteroatoms. The Kier molecular flexibility index (Phi) is 8.03. The van der Waals surface area contributed by atoms with E-state index in [2.05, 4.69) is 31.9 Å². The molecule has 0 aliphatic carbocycles. The number of aliphatic hydroxyl groups excluding tert-OH is 1. The van der Waals surface area contributed by atoms with E-state index < -0.39 is 0 Å². The number of likely N-dealkylation sites (tertiary alicyclic amines) is 1. The van der Waals surface area contributed by atoms with Crippen molar-refractivity contribution in [2.75, 3.05) is 25.4 Å². The number of halogens is 1. The molecule has 0 saturated carbocycles. The summed E-state index contributed by atoms with van der Waals surface area (Å²) in [4.78, 5) is 26.3. The molecule has 1 unspecified atom stereocenters. The third-order valence-corrected chi connectivity index (χ3v) is 6.69. The third kappa shape index (κ3) is 6.10. The lowest BCUT2D eigenvalue weighted by Gasteiger charge is -2.28. The maximum atomic E-state index is 12.3. The van der Waals surface area contributed by atoms with Gasteiger partial charge in [0.1, 0.15) is 5.82 Å². The van der Waals surface area contributed by atoms with Gasteiger partial charge in [0.25, 0.3) is 5.56 Å². The first-order chi connectivity index (χ1) is 17.2. The molecule has 1 saturated heterocycles. The second-order valence-electron chi connectivity index (χ2n) is 9.14. The maximum Gasteiger partial charge on any atom is 0.258 e. The Morgan fingerprint density at radius 3 is 2.69 bits per heavy atom.